The molecular formula is C23H29FN4O2+2. The van der Waals surface area contributed by atoms with E-state index in [4.69, 9.17) is 14.6 Å². The van der Waals surface area contributed by atoms with Gasteiger partial charge in [0.2, 0.25) is 5.88 Å². The number of morpholine rings is 1. The third-order valence-corrected chi connectivity index (χ3v) is 5.42. The summed E-state index contributed by atoms with van der Waals surface area (Å²) in [6, 6.07) is 16.0. The van der Waals surface area contributed by atoms with Gasteiger partial charge in [-0.15, -0.1) is 0 Å². The van der Waals surface area contributed by atoms with Crippen molar-refractivity contribution in [1.29, 1.82) is 0 Å². The molecular weight excluding hydrogens is 383 g/mol. The summed E-state index contributed by atoms with van der Waals surface area (Å²) in [6.07, 6.45) is 0. The van der Waals surface area contributed by atoms with E-state index in [0.717, 1.165) is 62.9 Å². The number of hydrogen-bond acceptors (Lipinski definition) is 3. The first-order valence-electron chi connectivity index (χ1n) is 10.5. The minimum absolute atomic E-state index is 0.283. The van der Waals surface area contributed by atoms with Gasteiger partial charge in [0.05, 0.1) is 30.2 Å². The average molecular weight is 413 g/mol. The molecule has 3 aromatic rings. The van der Waals surface area contributed by atoms with E-state index in [1.165, 1.54) is 12.1 Å². The fourth-order valence-electron chi connectivity index (χ4n) is 3.70. The Morgan fingerprint density at radius 3 is 2.57 bits per heavy atom. The lowest BCUT2D eigenvalue weighted by molar-refractivity contribution is -0.920. The van der Waals surface area contributed by atoms with Crippen LogP contribution in [0.5, 0.6) is 11.6 Å². The van der Waals surface area contributed by atoms with Gasteiger partial charge in [-0.25, -0.2) is 9.07 Å². The van der Waals surface area contributed by atoms with E-state index < -0.39 is 0 Å². The second-order valence-corrected chi connectivity index (χ2v) is 7.57. The van der Waals surface area contributed by atoms with Crippen LogP contribution >= 0.6 is 0 Å². The first kappa shape index (κ1) is 20.5. The number of rotatable bonds is 8. The molecule has 30 heavy (non-hydrogen) atoms. The molecule has 0 unspecified atom stereocenters. The summed E-state index contributed by atoms with van der Waals surface area (Å²) >= 11 is 0. The summed E-state index contributed by atoms with van der Waals surface area (Å²) < 4.78 is 26.8. The Bertz CT molecular complexity index is 938. The predicted molar refractivity (Wildman–Crippen MR) is 112 cm³/mol. The number of benzene rings is 2. The molecule has 6 nitrogen and oxygen atoms in total. The zero-order chi connectivity index (χ0) is 20.8. The van der Waals surface area contributed by atoms with Crippen molar-refractivity contribution in [2.45, 2.75) is 13.5 Å². The Morgan fingerprint density at radius 1 is 1.10 bits per heavy atom. The van der Waals surface area contributed by atoms with Crippen LogP contribution in [0.4, 0.5) is 4.39 Å². The third kappa shape index (κ3) is 5.05. The van der Waals surface area contributed by atoms with Crippen molar-refractivity contribution in [3.63, 3.8) is 0 Å². The molecule has 7 heteroatoms. The molecule has 2 heterocycles. The zero-order valence-electron chi connectivity index (χ0n) is 17.3. The highest BCUT2D eigenvalue weighted by Gasteiger charge is 2.21. The van der Waals surface area contributed by atoms with Gasteiger partial charge in [0.1, 0.15) is 44.3 Å². The number of quaternary nitrogens is 2. The molecule has 2 aromatic carbocycles. The molecule has 4 rings (SSSR count). The first-order chi connectivity index (χ1) is 14.7. The fraction of sp³-hybridized carbons (Fsp3) is 0.348. The molecule has 0 aliphatic carbocycles. The van der Waals surface area contributed by atoms with E-state index in [1.54, 1.807) is 17.0 Å². The molecule has 0 bridgehead atoms. The van der Waals surface area contributed by atoms with Crippen molar-refractivity contribution < 1.29 is 24.1 Å². The molecule has 1 saturated heterocycles. The summed E-state index contributed by atoms with van der Waals surface area (Å²) in [4.78, 5) is 1.59. The van der Waals surface area contributed by atoms with Gasteiger partial charge in [-0.3, -0.25) is 0 Å². The summed E-state index contributed by atoms with van der Waals surface area (Å²) in [5, 5.41) is 7.04. The Balaban J connectivity index is 1.52. The lowest BCUT2D eigenvalue weighted by Gasteiger charge is -2.22. The maximum Gasteiger partial charge on any atom is 0.231 e. The zero-order valence-corrected chi connectivity index (χ0v) is 17.3. The number of nitrogens with zero attached hydrogens (tertiary/aromatic N) is 2. The Morgan fingerprint density at radius 2 is 1.83 bits per heavy atom. The largest absolute Gasteiger partial charge is 0.438 e. The van der Waals surface area contributed by atoms with Crippen LogP contribution < -0.4 is 15.0 Å². The van der Waals surface area contributed by atoms with Gasteiger partial charge in [0.25, 0.3) is 0 Å². The number of para-hydroxylation sites is 1. The number of nitrogens with one attached hydrogen (secondary N) is 1. The van der Waals surface area contributed by atoms with Crippen molar-refractivity contribution in [2.75, 3.05) is 39.4 Å². The number of aryl methyl sites for hydroxylation is 1. The van der Waals surface area contributed by atoms with E-state index in [9.17, 15) is 4.39 Å². The lowest BCUT2D eigenvalue weighted by atomic mass is 10.2. The van der Waals surface area contributed by atoms with E-state index in [-0.39, 0.29) is 5.82 Å². The smallest absolute Gasteiger partial charge is 0.231 e. The molecule has 0 amide bonds. The minimum atomic E-state index is -0.283. The van der Waals surface area contributed by atoms with Crippen LogP contribution in [0.2, 0.25) is 0 Å². The number of aromatic nitrogens is 2. The van der Waals surface area contributed by atoms with E-state index in [2.05, 4.69) is 5.32 Å². The standard InChI is InChI=1S/C23H27FN4O2/c1-18-22(17-25-11-12-27-13-15-29-16-14-27)23(30-21-9-7-19(24)8-10-21)28(26-18)20-5-3-2-4-6-20/h2-10,25H,11-17H2,1H3/p+2. The van der Waals surface area contributed by atoms with Crippen molar-refractivity contribution in [3.8, 4) is 17.3 Å². The van der Waals surface area contributed by atoms with Crippen LogP contribution in [-0.2, 0) is 11.3 Å². The van der Waals surface area contributed by atoms with E-state index in [1.807, 2.05) is 41.9 Å². The highest BCUT2D eigenvalue weighted by Crippen LogP contribution is 2.30. The second-order valence-electron chi connectivity index (χ2n) is 7.57. The first-order valence-corrected chi connectivity index (χ1v) is 10.5. The highest BCUT2D eigenvalue weighted by molar-refractivity contribution is 5.42. The SMILES string of the molecule is Cc1nn(-c2ccccc2)c(Oc2ccc(F)cc2)c1C[NH2+]CC[NH+]1CCOCC1. The maximum absolute atomic E-state index is 13.3. The predicted octanol–water partition coefficient (Wildman–Crippen LogP) is 1.09. The minimum Gasteiger partial charge on any atom is -0.438 e. The monoisotopic (exact) mass is 412 g/mol. The average Bonchev–Trinajstić information content (AvgIpc) is 3.09. The summed E-state index contributed by atoms with van der Waals surface area (Å²) in [5.41, 5.74) is 2.92. The normalized spacial score (nSPS) is 14.7. The van der Waals surface area contributed by atoms with Gasteiger partial charge in [-0.2, -0.15) is 5.10 Å². The summed E-state index contributed by atoms with van der Waals surface area (Å²) in [7, 11) is 0. The van der Waals surface area contributed by atoms with Crippen LogP contribution in [0.1, 0.15) is 11.3 Å². The fourth-order valence-corrected chi connectivity index (χ4v) is 3.70. The maximum atomic E-state index is 13.3. The molecule has 1 aliphatic rings. The molecule has 158 valence electrons. The molecule has 1 fully saturated rings. The topological polar surface area (TPSA) is 57.3 Å². The van der Waals surface area contributed by atoms with Crippen LogP contribution in [0.3, 0.4) is 0 Å². The third-order valence-electron chi connectivity index (χ3n) is 5.42. The number of hydrogen-bond donors (Lipinski definition) is 2. The molecule has 0 radical (unpaired) electrons. The Kier molecular flexibility index (Phi) is 6.74. The molecule has 0 saturated carbocycles. The molecule has 1 aliphatic heterocycles. The van der Waals surface area contributed by atoms with Crippen molar-refractivity contribution >= 4 is 0 Å². The summed E-state index contributed by atoms with van der Waals surface area (Å²) in [5.74, 6) is 0.988. The number of nitrogens with two attached hydrogens (primary N) is 1. The van der Waals surface area contributed by atoms with Gasteiger partial charge >= 0.3 is 0 Å². The van der Waals surface area contributed by atoms with Crippen LogP contribution in [0.25, 0.3) is 5.69 Å². The van der Waals surface area contributed by atoms with E-state index in [0.29, 0.717) is 11.6 Å². The van der Waals surface area contributed by atoms with Gasteiger partial charge in [-0.1, -0.05) is 18.2 Å². The van der Waals surface area contributed by atoms with E-state index >= 15 is 0 Å². The van der Waals surface area contributed by atoms with Gasteiger partial charge in [-0.05, 0) is 43.3 Å². The van der Waals surface area contributed by atoms with Crippen molar-refractivity contribution in [2.24, 2.45) is 0 Å². The van der Waals surface area contributed by atoms with Crippen molar-refractivity contribution in [3.05, 3.63) is 71.7 Å². The number of ether oxygens (including phenoxy) is 2. The van der Waals surface area contributed by atoms with Crippen LogP contribution in [-0.4, -0.2) is 49.2 Å². The van der Waals surface area contributed by atoms with Crippen LogP contribution in [0.15, 0.2) is 54.6 Å². The van der Waals surface area contributed by atoms with Gasteiger partial charge < -0.3 is 19.7 Å². The highest BCUT2D eigenvalue weighted by atomic mass is 19.1. The van der Waals surface area contributed by atoms with Gasteiger partial charge in [0.15, 0.2) is 0 Å². The van der Waals surface area contributed by atoms with Crippen LogP contribution in [0, 0.1) is 12.7 Å². The van der Waals surface area contributed by atoms with Gasteiger partial charge in [0, 0.05) is 0 Å². The second kappa shape index (κ2) is 9.84. The molecule has 0 spiro atoms. The Labute approximate surface area is 176 Å². The quantitative estimate of drug-likeness (QED) is 0.545. The lowest BCUT2D eigenvalue weighted by Crippen LogP contribution is -3.16. The molecule has 3 N–H and O–H groups in total. The molecule has 0 atom stereocenters. The van der Waals surface area contributed by atoms with Crippen molar-refractivity contribution in [1.82, 2.24) is 9.78 Å². The number of halogens is 1. The molecule has 1 aromatic heterocycles. The summed E-state index contributed by atoms with van der Waals surface area (Å²) in [6.45, 7) is 8.80. The Hall–Kier alpha value is -2.74.